The standard InChI is InChI=1S/C33H46.C32H44/c1-5-9-15-24-21-25(16-10-6-2)31-23-33-29(18-12-8-4)27-20-14-13-19-26(27)28(17-11-7-3)32(33)22-30(24)31;1-5-9-13-15-17-23-29-27(21-11-7-3)31-25-19-20-26-32(31)28(22-12-8-4)30(29)24-18-16-14-10-6-2/h13-14,19-20H,5-12,15-18,21-23H2,1-4H3;19-20,25-26H,5-14,21-24H2,1-4H3. The van der Waals surface area contributed by atoms with Crippen molar-refractivity contribution in [3.05, 3.63) is 115 Å². The van der Waals surface area contributed by atoms with Crippen LogP contribution in [0.2, 0.25) is 0 Å². The van der Waals surface area contributed by atoms with Gasteiger partial charge >= 0.3 is 0 Å². The van der Waals surface area contributed by atoms with Crippen molar-refractivity contribution in [1.29, 1.82) is 0 Å². The van der Waals surface area contributed by atoms with Gasteiger partial charge in [-0.05, 0) is 186 Å². The molecule has 0 saturated carbocycles. The van der Waals surface area contributed by atoms with Crippen LogP contribution in [0.4, 0.5) is 0 Å². The number of allylic oxidation sites excluding steroid dienone is 4. The lowest BCUT2D eigenvalue weighted by atomic mass is 9.75. The van der Waals surface area contributed by atoms with Crippen LogP contribution in [0.5, 0.6) is 0 Å². The van der Waals surface area contributed by atoms with Crippen LogP contribution in [0.25, 0.3) is 21.5 Å². The van der Waals surface area contributed by atoms with Gasteiger partial charge in [0.25, 0.3) is 0 Å². The van der Waals surface area contributed by atoms with Crippen molar-refractivity contribution in [2.24, 2.45) is 0 Å². The minimum absolute atomic E-state index is 0.874. The molecule has 350 valence electrons. The summed E-state index contributed by atoms with van der Waals surface area (Å²) < 4.78 is 0. The average molecular weight is 871 g/mol. The van der Waals surface area contributed by atoms with E-state index < -0.39 is 0 Å². The summed E-state index contributed by atoms with van der Waals surface area (Å²) in [5.41, 5.74) is 20.1. The molecule has 0 saturated heterocycles. The summed E-state index contributed by atoms with van der Waals surface area (Å²) in [5, 5.41) is 6.03. The van der Waals surface area contributed by atoms with Crippen LogP contribution in [0.1, 0.15) is 235 Å². The van der Waals surface area contributed by atoms with Gasteiger partial charge in [0.05, 0.1) is 0 Å². The topological polar surface area (TPSA) is 0 Å². The molecule has 0 fully saturated rings. The maximum atomic E-state index is 3.55. The van der Waals surface area contributed by atoms with Crippen molar-refractivity contribution >= 4 is 21.5 Å². The molecule has 65 heavy (non-hydrogen) atoms. The van der Waals surface area contributed by atoms with Crippen LogP contribution in [0, 0.1) is 23.7 Å². The number of benzene rings is 4. The summed E-state index contributed by atoms with van der Waals surface area (Å²) in [6, 6.07) is 18.5. The fraction of sp³-hybridized carbons (Fsp3) is 0.569. The monoisotopic (exact) mass is 871 g/mol. The first-order valence-corrected chi connectivity index (χ1v) is 27.4. The summed E-state index contributed by atoms with van der Waals surface area (Å²) in [5.74, 6) is 14.0. The minimum atomic E-state index is 0.874. The first-order chi connectivity index (χ1) is 32.0. The van der Waals surface area contributed by atoms with E-state index in [1.165, 1.54) is 181 Å². The van der Waals surface area contributed by atoms with Gasteiger partial charge in [0, 0.05) is 25.7 Å². The van der Waals surface area contributed by atoms with E-state index in [0.717, 1.165) is 38.5 Å². The maximum Gasteiger partial charge on any atom is 0.0346 e. The Bertz CT molecular complexity index is 2140. The van der Waals surface area contributed by atoms with Gasteiger partial charge in [-0.3, -0.25) is 0 Å². The highest BCUT2D eigenvalue weighted by molar-refractivity contribution is 5.93. The molecule has 4 aromatic carbocycles. The van der Waals surface area contributed by atoms with Gasteiger partial charge in [0.2, 0.25) is 0 Å². The molecule has 0 unspecified atom stereocenters. The Morgan fingerprint density at radius 2 is 0.631 bits per heavy atom. The molecule has 6 rings (SSSR count). The van der Waals surface area contributed by atoms with Gasteiger partial charge in [-0.25, -0.2) is 0 Å². The van der Waals surface area contributed by atoms with E-state index in [1.807, 2.05) is 0 Å². The van der Waals surface area contributed by atoms with Gasteiger partial charge < -0.3 is 0 Å². The largest absolute Gasteiger partial charge is 0.103 e. The third-order valence-corrected chi connectivity index (χ3v) is 14.6. The van der Waals surface area contributed by atoms with Crippen LogP contribution in [0.3, 0.4) is 0 Å². The van der Waals surface area contributed by atoms with E-state index in [4.69, 9.17) is 0 Å². The second-order valence-electron chi connectivity index (χ2n) is 19.5. The Balaban J connectivity index is 0.000000244. The molecule has 0 amide bonds. The molecule has 0 aliphatic heterocycles. The highest BCUT2D eigenvalue weighted by atomic mass is 14.4. The quantitative estimate of drug-likeness (QED) is 0.0486. The van der Waals surface area contributed by atoms with Gasteiger partial charge in [-0.15, -0.1) is 11.8 Å². The molecule has 4 aromatic rings. The van der Waals surface area contributed by atoms with Crippen molar-refractivity contribution in [3.63, 3.8) is 0 Å². The van der Waals surface area contributed by atoms with Gasteiger partial charge in [-0.1, -0.05) is 178 Å². The number of rotatable bonds is 24. The average Bonchev–Trinajstić information content (AvgIpc) is 3.67. The minimum Gasteiger partial charge on any atom is -0.103 e. The van der Waals surface area contributed by atoms with Crippen LogP contribution < -0.4 is 0 Å². The first-order valence-electron chi connectivity index (χ1n) is 27.4. The molecule has 0 aromatic heterocycles. The van der Waals surface area contributed by atoms with Crippen LogP contribution in [-0.4, -0.2) is 0 Å². The first kappa shape index (κ1) is 52.0. The summed E-state index contributed by atoms with van der Waals surface area (Å²) in [7, 11) is 0. The van der Waals surface area contributed by atoms with E-state index in [0.29, 0.717) is 0 Å². The fourth-order valence-corrected chi connectivity index (χ4v) is 10.8. The molecule has 2 aliphatic rings. The zero-order valence-corrected chi connectivity index (χ0v) is 43.1. The van der Waals surface area contributed by atoms with Crippen molar-refractivity contribution < 1.29 is 0 Å². The molecule has 0 bridgehead atoms. The summed E-state index contributed by atoms with van der Waals surface area (Å²) >= 11 is 0. The van der Waals surface area contributed by atoms with E-state index in [1.54, 1.807) is 55.3 Å². The lowest BCUT2D eigenvalue weighted by Crippen LogP contribution is -2.16. The van der Waals surface area contributed by atoms with Crippen molar-refractivity contribution in [2.75, 3.05) is 0 Å². The van der Waals surface area contributed by atoms with Gasteiger partial charge in [0.1, 0.15) is 0 Å². The van der Waals surface area contributed by atoms with Gasteiger partial charge in [-0.2, -0.15) is 0 Å². The maximum absolute atomic E-state index is 3.55. The van der Waals surface area contributed by atoms with Crippen molar-refractivity contribution in [2.45, 2.75) is 242 Å². The molecule has 0 N–H and O–H groups in total. The second-order valence-corrected chi connectivity index (χ2v) is 19.5. The molecular formula is C65H90. The molecule has 2 aliphatic carbocycles. The molecule has 0 atom stereocenters. The summed E-state index contributed by atoms with van der Waals surface area (Å²) in [4.78, 5) is 0. The summed E-state index contributed by atoms with van der Waals surface area (Å²) in [6.07, 6.45) is 35.1. The number of hydrogen-bond acceptors (Lipinski definition) is 0. The lowest BCUT2D eigenvalue weighted by Gasteiger charge is -2.29. The lowest BCUT2D eigenvalue weighted by molar-refractivity contribution is 0.742. The predicted molar refractivity (Wildman–Crippen MR) is 289 cm³/mol. The van der Waals surface area contributed by atoms with Crippen molar-refractivity contribution in [1.82, 2.24) is 0 Å². The Labute approximate surface area is 400 Å². The third-order valence-electron chi connectivity index (χ3n) is 14.6. The predicted octanol–water partition coefficient (Wildman–Crippen LogP) is 19.0. The molecular weight excluding hydrogens is 781 g/mol. The Morgan fingerprint density at radius 1 is 0.323 bits per heavy atom. The number of hydrogen-bond donors (Lipinski definition) is 0. The Hall–Kier alpha value is -4.00. The summed E-state index contributed by atoms with van der Waals surface area (Å²) in [6.45, 7) is 18.4. The SMILES string of the molecule is CCCCC#CCc1c(CC#CCCCC)c(CCCC)c2ccccc2c1CCCC.CCCCC1=C2Cc3c(c(CCCC)c4ccccc4c3CCCC)CC2=C(CCCC)C1. The van der Waals surface area contributed by atoms with E-state index in [-0.39, 0.29) is 0 Å². The smallest absolute Gasteiger partial charge is 0.0346 e. The highest BCUT2D eigenvalue weighted by Crippen LogP contribution is 2.47. The highest BCUT2D eigenvalue weighted by Gasteiger charge is 2.32. The molecule has 0 heteroatoms. The van der Waals surface area contributed by atoms with Crippen molar-refractivity contribution in [3.8, 4) is 23.7 Å². The van der Waals surface area contributed by atoms with Crippen LogP contribution in [0.15, 0.2) is 70.8 Å². The number of fused-ring (bicyclic) bond motifs is 4. The van der Waals surface area contributed by atoms with Crippen LogP contribution >= 0.6 is 0 Å². The Kier molecular flexibility index (Phi) is 23.1. The van der Waals surface area contributed by atoms with Gasteiger partial charge in [0.15, 0.2) is 0 Å². The van der Waals surface area contributed by atoms with E-state index in [2.05, 4.69) is 128 Å². The van der Waals surface area contributed by atoms with E-state index >= 15 is 0 Å². The van der Waals surface area contributed by atoms with Crippen LogP contribution in [-0.2, 0) is 51.4 Å². The molecule has 0 spiro atoms. The molecule has 0 heterocycles. The fourth-order valence-electron chi connectivity index (χ4n) is 10.8. The Morgan fingerprint density at radius 3 is 0.969 bits per heavy atom. The zero-order chi connectivity index (χ0) is 46.2. The number of unbranched alkanes of at least 4 members (excludes halogenated alkanes) is 10. The normalized spacial score (nSPS) is 13.0. The second kappa shape index (κ2) is 28.9. The van der Waals surface area contributed by atoms with E-state index in [9.17, 15) is 0 Å². The molecule has 0 nitrogen and oxygen atoms in total. The zero-order valence-electron chi connectivity index (χ0n) is 43.1. The molecule has 0 radical (unpaired) electrons. The third kappa shape index (κ3) is 14.0. The number of aryl methyl sites for hydroxylation is 4.